The molecule has 2 N–H and O–H groups in total. The van der Waals surface area contributed by atoms with E-state index in [0.717, 1.165) is 0 Å². The third kappa shape index (κ3) is 3.49. The number of carbonyl (C=O) groups is 1. The summed E-state index contributed by atoms with van der Waals surface area (Å²) in [5, 5.41) is 9.55. The Kier molecular flexibility index (Phi) is 3.62. The molecule has 1 aromatic heterocycles. The summed E-state index contributed by atoms with van der Waals surface area (Å²) >= 11 is 5.72. The molecule has 0 fully saturated rings. The fourth-order valence-corrected chi connectivity index (χ4v) is 1.32. The van der Waals surface area contributed by atoms with E-state index in [-0.39, 0.29) is 12.5 Å². The van der Waals surface area contributed by atoms with Crippen LogP contribution in [0.15, 0.2) is 36.5 Å². The van der Waals surface area contributed by atoms with E-state index in [1.807, 2.05) is 0 Å². The molecule has 1 heterocycles. The average molecular weight is 252 g/mol. The fourth-order valence-electron chi connectivity index (χ4n) is 1.19. The van der Waals surface area contributed by atoms with E-state index in [2.05, 4.69) is 15.5 Å². The molecule has 0 aliphatic heterocycles. The zero-order chi connectivity index (χ0) is 12.1. The standard InChI is InChI=1S/C11H10ClN3O2/c12-8-1-3-9(4-2-8)17-7-11(16)14-10-5-6-13-15-10/h1-6H,7H2,(H2,13,14,15,16). The Hall–Kier alpha value is -2.01. The second-order valence-corrected chi connectivity index (χ2v) is 3.70. The molecule has 2 aromatic rings. The molecule has 1 aromatic carbocycles. The molecule has 0 aliphatic rings. The number of aromatic nitrogens is 2. The number of nitrogens with zero attached hydrogens (tertiary/aromatic N) is 1. The van der Waals surface area contributed by atoms with Gasteiger partial charge in [-0.1, -0.05) is 11.6 Å². The minimum Gasteiger partial charge on any atom is -0.484 e. The number of halogens is 1. The van der Waals surface area contributed by atoms with Gasteiger partial charge in [0.2, 0.25) is 0 Å². The maximum absolute atomic E-state index is 11.4. The van der Waals surface area contributed by atoms with E-state index in [4.69, 9.17) is 16.3 Å². The second kappa shape index (κ2) is 5.36. The predicted octanol–water partition coefficient (Wildman–Crippen LogP) is 2.08. The van der Waals surface area contributed by atoms with Gasteiger partial charge in [-0.2, -0.15) is 5.10 Å². The fraction of sp³-hybridized carbons (Fsp3) is 0.0909. The summed E-state index contributed by atoms with van der Waals surface area (Å²) in [4.78, 5) is 11.4. The molecule has 0 aliphatic carbocycles. The van der Waals surface area contributed by atoms with Crippen molar-refractivity contribution in [2.45, 2.75) is 0 Å². The normalized spacial score (nSPS) is 9.94. The van der Waals surface area contributed by atoms with Crippen LogP contribution in [-0.2, 0) is 4.79 Å². The summed E-state index contributed by atoms with van der Waals surface area (Å²) in [7, 11) is 0. The van der Waals surface area contributed by atoms with Crippen molar-refractivity contribution >= 4 is 23.3 Å². The highest BCUT2D eigenvalue weighted by molar-refractivity contribution is 6.30. The Balaban J connectivity index is 1.82. The second-order valence-electron chi connectivity index (χ2n) is 3.26. The number of anilines is 1. The molecule has 0 saturated carbocycles. The SMILES string of the molecule is O=C(COc1ccc(Cl)cc1)Nc1ccn[nH]1. The maximum atomic E-state index is 11.4. The van der Waals surface area contributed by atoms with Crippen molar-refractivity contribution in [3.8, 4) is 5.75 Å². The van der Waals surface area contributed by atoms with Gasteiger partial charge in [-0.15, -0.1) is 0 Å². The van der Waals surface area contributed by atoms with Crippen LogP contribution in [-0.4, -0.2) is 22.7 Å². The van der Waals surface area contributed by atoms with Gasteiger partial charge in [-0.05, 0) is 24.3 Å². The van der Waals surface area contributed by atoms with Crippen LogP contribution in [0.5, 0.6) is 5.75 Å². The lowest BCUT2D eigenvalue weighted by atomic mass is 10.3. The van der Waals surface area contributed by atoms with Gasteiger partial charge in [0.25, 0.3) is 5.91 Å². The molecule has 6 heteroatoms. The number of ether oxygens (including phenoxy) is 1. The molecule has 0 spiro atoms. The van der Waals surface area contributed by atoms with Crippen molar-refractivity contribution in [2.75, 3.05) is 11.9 Å². The smallest absolute Gasteiger partial charge is 0.263 e. The maximum Gasteiger partial charge on any atom is 0.263 e. The quantitative estimate of drug-likeness (QED) is 0.874. The Morgan fingerprint density at radius 1 is 1.35 bits per heavy atom. The van der Waals surface area contributed by atoms with Crippen molar-refractivity contribution in [2.24, 2.45) is 0 Å². The van der Waals surface area contributed by atoms with E-state index in [0.29, 0.717) is 16.6 Å². The van der Waals surface area contributed by atoms with Crippen LogP contribution in [0.25, 0.3) is 0 Å². The number of carbonyl (C=O) groups excluding carboxylic acids is 1. The third-order valence-corrected chi connectivity index (χ3v) is 2.21. The lowest BCUT2D eigenvalue weighted by Crippen LogP contribution is -2.20. The summed E-state index contributed by atoms with van der Waals surface area (Å²) in [6.07, 6.45) is 1.55. The number of benzene rings is 1. The lowest BCUT2D eigenvalue weighted by molar-refractivity contribution is -0.118. The molecule has 17 heavy (non-hydrogen) atoms. The summed E-state index contributed by atoms with van der Waals surface area (Å²) < 4.78 is 5.27. The number of nitrogens with one attached hydrogen (secondary N) is 2. The first kappa shape index (κ1) is 11.5. The van der Waals surface area contributed by atoms with Gasteiger partial charge in [0, 0.05) is 11.1 Å². The lowest BCUT2D eigenvalue weighted by Gasteiger charge is -2.05. The highest BCUT2D eigenvalue weighted by Gasteiger charge is 2.04. The number of hydrogen-bond donors (Lipinski definition) is 2. The molecular formula is C11H10ClN3O2. The number of rotatable bonds is 4. The summed E-state index contributed by atoms with van der Waals surface area (Å²) in [6.45, 7) is -0.0688. The van der Waals surface area contributed by atoms with Gasteiger partial charge >= 0.3 is 0 Å². The molecule has 2 rings (SSSR count). The van der Waals surface area contributed by atoms with Crippen LogP contribution in [0.4, 0.5) is 5.82 Å². The average Bonchev–Trinajstić information content (AvgIpc) is 2.81. The number of H-pyrrole nitrogens is 1. The molecule has 0 saturated heterocycles. The molecule has 1 amide bonds. The van der Waals surface area contributed by atoms with Crippen molar-refractivity contribution in [1.82, 2.24) is 10.2 Å². The Morgan fingerprint density at radius 2 is 2.12 bits per heavy atom. The van der Waals surface area contributed by atoms with Crippen LogP contribution in [0.2, 0.25) is 5.02 Å². The highest BCUT2D eigenvalue weighted by atomic mass is 35.5. The number of aromatic amines is 1. The Bertz CT molecular complexity index is 482. The molecule has 0 unspecified atom stereocenters. The number of hydrogen-bond acceptors (Lipinski definition) is 3. The zero-order valence-corrected chi connectivity index (χ0v) is 9.57. The molecule has 0 atom stereocenters. The van der Waals surface area contributed by atoms with Crippen molar-refractivity contribution < 1.29 is 9.53 Å². The monoisotopic (exact) mass is 251 g/mol. The third-order valence-electron chi connectivity index (χ3n) is 1.96. The highest BCUT2D eigenvalue weighted by Crippen LogP contribution is 2.15. The van der Waals surface area contributed by atoms with Crippen molar-refractivity contribution in [3.05, 3.63) is 41.6 Å². The summed E-state index contributed by atoms with van der Waals surface area (Å²) in [6, 6.07) is 8.45. The molecule has 88 valence electrons. The van der Waals surface area contributed by atoms with Gasteiger partial charge < -0.3 is 10.1 Å². The van der Waals surface area contributed by atoms with Crippen LogP contribution >= 0.6 is 11.6 Å². The predicted molar refractivity (Wildman–Crippen MR) is 64.2 cm³/mol. The zero-order valence-electron chi connectivity index (χ0n) is 8.81. The van der Waals surface area contributed by atoms with Crippen LogP contribution in [0, 0.1) is 0 Å². The molecule has 0 bridgehead atoms. The molecule has 5 nitrogen and oxygen atoms in total. The van der Waals surface area contributed by atoms with Gasteiger partial charge in [0.15, 0.2) is 6.61 Å². The topological polar surface area (TPSA) is 67.0 Å². The summed E-state index contributed by atoms with van der Waals surface area (Å²) in [5.74, 6) is 0.869. The van der Waals surface area contributed by atoms with Crippen molar-refractivity contribution in [1.29, 1.82) is 0 Å². The van der Waals surface area contributed by atoms with Crippen LogP contribution in [0.1, 0.15) is 0 Å². The number of amides is 1. The molecular weight excluding hydrogens is 242 g/mol. The Morgan fingerprint density at radius 3 is 2.76 bits per heavy atom. The first-order valence-corrected chi connectivity index (χ1v) is 5.29. The van der Waals surface area contributed by atoms with Gasteiger partial charge in [-0.25, -0.2) is 0 Å². The Labute approximate surface area is 103 Å². The van der Waals surface area contributed by atoms with E-state index in [9.17, 15) is 4.79 Å². The van der Waals surface area contributed by atoms with E-state index >= 15 is 0 Å². The first-order valence-electron chi connectivity index (χ1n) is 4.91. The van der Waals surface area contributed by atoms with Gasteiger partial charge in [-0.3, -0.25) is 9.89 Å². The molecule has 0 radical (unpaired) electrons. The minimum absolute atomic E-state index is 0.0688. The van der Waals surface area contributed by atoms with Crippen LogP contribution < -0.4 is 10.1 Å². The summed E-state index contributed by atoms with van der Waals surface area (Å²) in [5.41, 5.74) is 0. The minimum atomic E-state index is -0.260. The van der Waals surface area contributed by atoms with E-state index in [1.54, 1.807) is 36.5 Å². The van der Waals surface area contributed by atoms with Gasteiger partial charge in [0.05, 0.1) is 6.20 Å². The van der Waals surface area contributed by atoms with Gasteiger partial charge in [0.1, 0.15) is 11.6 Å². The first-order chi connectivity index (χ1) is 8.24. The van der Waals surface area contributed by atoms with E-state index < -0.39 is 0 Å². The van der Waals surface area contributed by atoms with Crippen molar-refractivity contribution in [3.63, 3.8) is 0 Å². The van der Waals surface area contributed by atoms with E-state index in [1.165, 1.54) is 0 Å². The van der Waals surface area contributed by atoms with Crippen LogP contribution in [0.3, 0.4) is 0 Å². The largest absolute Gasteiger partial charge is 0.484 e.